The topological polar surface area (TPSA) is 29.5 Å². The van der Waals surface area contributed by atoms with Crippen LogP contribution in [0.1, 0.15) is 38.8 Å². The molecule has 0 spiro atoms. The van der Waals surface area contributed by atoms with E-state index in [1.54, 1.807) is 6.07 Å². The number of fused-ring (bicyclic) bond motifs is 1. The van der Waals surface area contributed by atoms with Crippen LogP contribution in [0.2, 0.25) is 0 Å². The van der Waals surface area contributed by atoms with E-state index in [2.05, 4.69) is 27.7 Å². The minimum absolute atomic E-state index is 0.263. The third kappa shape index (κ3) is 1.41. The zero-order chi connectivity index (χ0) is 12.1. The van der Waals surface area contributed by atoms with Gasteiger partial charge in [0.15, 0.2) is 0 Å². The van der Waals surface area contributed by atoms with E-state index >= 15 is 0 Å². The summed E-state index contributed by atoms with van der Waals surface area (Å²) in [5.74, 6) is 1.19. The lowest BCUT2D eigenvalue weighted by atomic mass is 9.86. The van der Waals surface area contributed by atoms with Gasteiger partial charge in [-0.05, 0) is 57.9 Å². The molecule has 0 radical (unpaired) electrons. The van der Waals surface area contributed by atoms with Crippen molar-refractivity contribution in [2.45, 2.75) is 40.2 Å². The second-order valence-electron chi connectivity index (χ2n) is 4.95. The molecule has 0 bridgehead atoms. The van der Waals surface area contributed by atoms with Crippen LogP contribution in [0.3, 0.4) is 0 Å². The molecular weight excluding hydrogens is 200 g/mol. The van der Waals surface area contributed by atoms with E-state index in [0.29, 0.717) is 5.75 Å². The number of ether oxygens (including phenoxy) is 1. The number of hydrogen-bond acceptors (Lipinski definition) is 2. The van der Waals surface area contributed by atoms with Gasteiger partial charge in [-0.25, -0.2) is 0 Å². The van der Waals surface area contributed by atoms with Gasteiger partial charge in [-0.1, -0.05) is 0 Å². The molecule has 0 saturated heterocycles. The van der Waals surface area contributed by atoms with Gasteiger partial charge in [0, 0.05) is 11.1 Å². The first kappa shape index (κ1) is 11.1. The maximum Gasteiger partial charge on any atom is 0.128 e. The fraction of sp³-hybridized carbons (Fsp3) is 0.429. The van der Waals surface area contributed by atoms with Crippen molar-refractivity contribution < 1.29 is 9.84 Å². The van der Waals surface area contributed by atoms with Gasteiger partial charge in [0.05, 0.1) is 0 Å². The minimum Gasteiger partial charge on any atom is -0.508 e. The van der Waals surface area contributed by atoms with Crippen molar-refractivity contribution in [1.82, 2.24) is 0 Å². The standard InChI is InChI=1S/C14H18O2/c1-8-10(3)14(4,5)16-12-7-6-11(15)9(2)13(8)12/h6-7,15H,1-5H3. The van der Waals surface area contributed by atoms with Crippen LogP contribution >= 0.6 is 0 Å². The van der Waals surface area contributed by atoms with Crippen LogP contribution in [0, 0.1) is 6.92 Å². The first-order chi connectivity index (χ1) is 7.34. The van der Waals surface area contributed by atoms with E-state index in [-0.39, 0.29) is 5.60 Å². The van der Waals surface area contributed by atoms with Gasteiger partial charge in [0.1, 0.15) is 17.1 Å². The molecule has 1 aromatic rings. The molecule has 0 fully saturated rings. The van der Waals surface area contributed by atoms with Gasteiger partial charge in [0.2, 0.25) is 0 Å². The Bertz CT molecular complexity index is 482. The Kier molecular flexibility index (Phi) is 2.26. The number of benzene rings is 1. The molecular formula is C14H18O2. The summed E-state index contributed by atoms with van der Waals surface area (Å²) in [6, 6.07) is 3.54. The van der Waals surface area contributed by atoms with Crippen LogP contribution < -0.4 is 4.74 Å². The monoisotopic (exact) mass is 218 g/mol. The maximum absolute atomic E-state index is 9.73. The molecule has 1 heterocycles. The Morgan fingerprint density at radius 1 is 1.12 bits per heavy atom. The summed E-state index contributed by atoms with van der Waals surface area (Å²) < 4.78 is 5.97. The van der Waals surface area contributed by atoms with Crippen molar-refractivity contribution in [3.63, 3.8) is 0 Å². The quantitative estimate of drug-likeness (QED) is 0.720. The number of hydrogen-bond donors (Lipinski definition) is 1. The van der Waals surface area contributed by atoms with Gasteiger partial charge in [-0.15, -0.1) is 0 Å². The van der Waals surface area contributed by atoms with Crippen molar-refractivity contribution in [3.8, 4) is 11.5 Å². The maximum atomic E-state index is 9.73. The number of phenols is 1. The second kappa shape index (κ2) is 3.27. The van der Waals surface area contributed by atoms with Gasteiger partial charge in [-0.2, -0.15) is 0 Å². The largest absolute Gasteiger partial charge is 0.508 e. The van der Waals surface area contributed by atoms with E-state index < -0.39 is 0 Å². The highest BCUT2D eigenvalue weighted by Crippen LogP contribution is 2.43. The summed E-state index contributed by atoms with van der Waals surface area (Å²) in [5, 5.41) is 9.73. The van der Waals surface area contributed by atoms with E-state index in [4.69, 9.17) is 4.74 Å². The Labute approximate surface area is 96.6 Å². The number of phenolic OH excluding ortho intramolecular Hbond substituents is 1. The van der Waals surface area contributed by atoms with E-state index in [0.717, 1.165) is 16.9 Å². The molecule has 0 aromatic heterocycles. The molecule has 2 rings (SSSR count). The van der Waals surface area contributed by atoms with Crippen LogP contribution in [0.25, 0.3) is 5.57 Å². The van der Waals surface area contributed by atoms with Gasteiger partial charge in [0.25, 0.3) is 0 Å². The fourth-order valence-electron chi connectivity index (χ4n) is 2.22. The van der Waals surface area contributed by atoms with Crippen LogP contribution in [-0.2, 0) is 0 Å². The predicted molar refractivity (Wildman–Crippen MR) is 65.8 cm³/mol. The highest BCUT2D eigenvalue weighted by Gasteiger charge is 2.31. The molecule has 1 aliphatic heterocycles. The molecule has 86 valence electrons. The average molecular weight is 218 g/mol. The Balaban J connectivity index is 2.74. The average Bonchev–Trinajstić information content (AvgIpc) is 2.20. The Morgan fingerprint density at radius 2 is 1.75 bits per heavy atom. The highest BCUT2D eigenvalue weighted by molar-refractivity contribution is 5.78. The summed E-state index contributed by atoms with van der Waals surface area (Å²) in [7, 11) is 0. The van der Waals surface area contributed by atoms with Crippen molar-refractivity contribution in [2.24, 2.45) is 0 Å². The Morgan fingerprint density at radius 3 is 2.38 bits per heavy atom. The van der Waals surface area contributed by atoms with E-state index in [1.807, 2.05) is 13.0 Å². The van der Waals surface area contributed by atoms with E-state index in [9.17, 15) is 5.11 Å². The fourth-order valence-corrected chi connectivity index (χ4v) is 2.22. The van der Waals surface area contributed by atoms with Gasteiger partial charge in [-0.3, -0.25) is 0 Å². The first-order valence-electron chi connectivity index (χ1n) is 5.54. The lowest BCUT2D eigenvalue weighted by Crippen LogP contribution is -2.33. The SMILES string of the molecule is CC1=C(C)C(C)(C)Oc2ccc(O)c(C)c21. The Hall–Kier alpha value is -1.44. The van der Waals surface area contributed by atoms with Crippen LogP contribution in [0.5, 0.6) is 11.5 Å². The molecule has 16 heavy (non-hydrogen) atoms. The van der Waals surface area contributed by atoms with Crippen LogP contribution in [0.4, 0.5) is 0 Å². The lowest BCUT2D eigenvalue weighted by molar-refractivity contribution is 0.144. The smallest absolute Gasteiger partial charge is 0.128 e. The van der Waals surface area contributed by atoms with Crippen molar-refractivity contribution in [1.29, 1.82) is 0 Å². The van der Waals surface area contributed by atoms with Gasteiger partial charge < -0.3 is 9.84 Å². The summed E-state index contributed by atoms with van der Waals surface area (Å²) in [6.45, 7) is 10.2. The molecule has 0 amide bonds. The summed E-state index contributed by atoms with van der Waals surface area (Å²) in [4.78, 5) is 0. The summed E-state index contributed by atoms with van der Waals surface area (Å²) in [6.07, 6.45) is 0. The molecule has 1 aromatic carbocycles. The molecule has 0 saturated carbocycles. The van der Waals surface area contributed by atoms with Gasteiger partial charge >= 0.3 is 0 Å². The molecule has 1 aliphatic rings. The summed E-state index contributed by atoms with van der Waals surface area (Å²) >= 11 is 0. The molecule has 2 heteroatoms. The number of aromatic hydroxyl groups is 1. The zero-order valence-corrected chi connectivity index (χ0v) is 10.5. The molecule has 2 nitrogen and oxygen atoms in total. The predicted octanol–water partition coefficient (Wildman–Crippen LogP) is 3.67. The van der Waals surface area contributed by atoms with Crippen LogP contribution in [0.15, 0.2) is 17.7 Å². The minimum atomic E-state index is -0.263. The number of rotatable bonds is 0. The van der Waals surface area contributed by atoms with Crippen molar-refractivity contribution in [2.75, 3.05) is 0 Å². The molecule has 0 aliphatic carbocycles. The normalized spacial score (nSPS) is 18.1. The third-order valence-corrected chi connectivity index (χ3v) is 3.60. The highest BCUT2D eigenvalue weighted by atomic mass is 16.5. The van der Waals surface area contributed by atoms with Crippen molar-refractivity contribution in [3.05, 3.63) is 28.8 Å². The molecule has 1 N–H and O–H groups in total. The number of allylic oxidation sites excluding steroid dienone is 1. The third-order valence-electron chi connectivity index (χ3n) is 3.60. The van der Waals surface area contributed by atoms with Crippen LogP contribution in [-0.4, -0.2) is 10.7 Å². The van der Waals surface area contributed by atoms with E-state index in [1.165, 1.54) is 11.1 Å². The summed E-state index contributed by atoms with van der Waals surface area (Å²) in [5.41, 5.74) is 4.09. The molecule has 0 atom stereocenters. The zero-order valence-electron chi connectivity index (χ0n) is 10.5. The lowest BCUT2D eigenvalue weighted by Gasteiger charge is -2.35. The first-order valence-corrected chi connectivity index (χ1v) is 5.54. The molecule has 0 unspecified atom stereocenters. The van der Waals surface area contributed by atoms with Crippen molar-refractivity contribution >= 4 is 5.57 Å². The second-order valence-corrected chi connectivity index (χ2v) is 4.95.